The number of carbonyl (C=O) groups is 1. The van der Waals surface area contributed by atoms with Crippen LogP contribution < -0.4 is 21.0 Å². The molecule has 0 atom stereocenters. The number of hydroxylamine groups is 1. The van der Waals surface area contributed by atoms with Gasteiger partial charge in [0.15, 0.2) is 5.82 Å². The maximum atomic E-state index is 15.7. The molecule has 3 N–H and O–H groups in total. The predicted octanol–water partition coefficient (Wildman–Crippen LogP) is 6.27. The number of fused-ring (bicyclic) bond motifs is 1. The molecule has 2 aromatic carbocycles. The smallest absolute Gasteiger partial charge is 0.277 e. The van der Waals surface area contributed by atoms with Crippen molar-refractivity contribution in [3.05, 3.63) is 45.1 Å². The third-order valence-corrected chi connectivity index (χ3v) is 6.53. The van der Waals surface area contributed by atoms with Gasteiger partial charge in [-0.2, -0.15) is 0 Å². The first-order chi connectivity index (χ1) is 15.5. The van der Waals surface area contributed by atoms with Crippen LogP contribution in [0.4, 0.5) is 27.1 Å². The summed E-state index contributed by atoms with van der Waals surface area (Å²) >= 11 is 15.5. The number of hydrogen-bond acceptors (Lipinski definition) is 5. The van der Waals surface area contributed by atoms with Crippen molar-refractivity contribution in [1.82, 2.24) is 5.48 Å². The number of halogens is 4. The molecule has 0 radical (unpaired) electrons. The third-order valence-electron chi connectivity index (χ3n) is 5.46. The minimum Gasteiger partial charge on any atom is -0.364 e. The summed E-state index contributed by atoms with van der Waals surface area (Å²) in [5.74, 6) is -0.0112. The molecule has 0 saturated heterocycles. The molecule has 1 aliphatic carbocycles. The van der Waals surface area contributed by atoms with Crippen molar-refractivity contribution in [3.8, 4) is 0 Å². The molecule has 2 aromatic rings. The first kappa shape index (κ1) is 23.4. The van der Waals surface area contributed by atoms with Gasteiger partial charge in [-0.15, -0.1) is 11.6 Å². The molecule has 1 heterocycles. The Hall–Kier alpha value is -1.74. The number of anilines is 4. The lowest BCUT2D eigenvalue weighted by Gasteiger charge is -2.20. The van der Waals surface area contributed by atoms with Gasteiger partial charge in [-0.05, 0) is 55.9 Å². The first-order valence-electron chi connectivity index (χ1n) is 10.5. The molecule has 0 aromatic heterocycles. The van der Waals surface area contributed by atoms with E-state index in [0.717, 1.165) is 30.2 Å². The highest BCUT2D eigenvalue weighted by molar-refractivity contribution is 9.10. The number of benzene rings is 2. The van der Waals surface area contributed by atoms with Gasteiger partial charge in [0.2, 0.25) is 0 Å². The largest absolute Gasteiger partial charge is 0.364 e. The van der Waals surface area contributed by atoms with Crippen molar-refractivity contribution in [2.24, 2.45) is 5.92 Å². The minimum atomic E-state index is -0.548. The van der Waals surface area contributed by atoms with Crippen LogP contribution in [-0.4, -0.2) is 31.6 Å². The first-order valence-corrected chi connectivity index (χ1v) is 12.2. The number of carbonyl (C=O) groups excluding carboxylic acids is 1. The van der Waals surface area contributed by atoms with Gasteiger partial charge in [-0.1, -0.05) is 27.5 Å². The van der Waals surface area contributed by atoms with E-state index in [2.05, 4.69) is 32.0 Å². The second kappa shape index (κ2) is 10.5. The standard InChI is InChI=1S/C22H24BrCl2FN4O2/c23-14-5-6-17(16(25)9-14)28-20-15(22(31)29-32-11-13-3-4-13)10-18-21(19(20)26)27-12-30(18)8-2-1-7-24/h5-6,9-10,13,27-28H,1-4,7-8,11-12H2,(H,29,31). The fourth-order valence-electron chi connectivity index (χ4n) is 3.50. The number of nitrogens with one attached hydrogen (secondary N) is 3. The van der Waals surface area contributed by atoms with Crippen LogP contribution in [0.2, 0.25) is 5.02 Å². The van der Waals surface area contributed by atoms with Gasteiger partial charge in [-0.3, -0.25) is 9.63 Å². The van der Waals surface area contributed by atoms with Crippen molar-refractivity contribution >= 4 is 67.8 Å². The molecular formula is C22H24BrCl2FN4O2. The molecule has 32 heavy (non-hydrogen) atoms. The average Bonchev–Trinajstić information content (AvgIpc) is 3.50. The summed E-state index contributed by atoms with van der Waals surface area (Å²) in [7, 11) is 0. The zero-order valence-corrected chi connectivity index (χ0v) is 20.4. The fraction of sp³-hybridized carbons (Fsp3) is 0.409. The van der Waals surface area contributed by atoms with Gasteiger partial charge in [0, 0.05) is 16.9 Å². The average molecular weight is 546 g/mol. The lowest BCUT2D eigenvalue weighted by atomic mass is 10.1. The van der Waals surface area contributed by atoms with E-state index in [1.165, 1.54) is 0 Å². The Morgan fingerprint density at radius 3 is 2.84 bits per heavy atom. The number of hydrogen-bond donors (Lipinski definition) is 3. The Kier molecular flexibility index (Phi) is 7.66. The van der Waals surface area contributed by atoms with Crippen LogP contribution in [0.15, 0.2) is 28.7 Å². The summed E-state index contributed by atoms with van der Waals surface area (Å²) in [5, 5.41) is 6.50. The van der Waals surface area contributed by atoms with E-state index in [-0.39, 0.29) is 11.3 Å². The molecule has 0 unspecified atom stereocenters. The number of unbranched alkanes of at least 4 members (excludes halogenated alkanes) is 1. The van der Waals surface area contributed by atoms with E-state index in [9.17, 15) is 4.79 Å². The molecule has 6 nitrogen and oxygen atoms in total. The van der Waals surface area contributed by atoms with Gasteiger partial charge in [0.1, 0.15) is 0 Å². The molecule has 1 amide bonds. The van der Waals surface area contributed by atoms with Crippen LogP contribution in [0, 0.1) is 11.7 Å². The second-order valence-electron chi connectivity index (χ2n) is 7.94. The van der Waals surface area contributed by atoms with E-state index >= 15 is 4.39 Å². The number of rotatable bonds is 10. The van der Waals surface area contributed by atoms with E-state index in [4.69, 9.17) is 28.0 Å². The Bertz CT molecular complexity index is 1010. The third kappa shape index (κ3) is 5.42. The van der Waals surface area contributed by atoms with E-state index in [0.29, 0.717) is 53.7 Å². The molecule has 172 valence electrons. The summed E-state index contributed by atoms with van der Waals surface area (Å²) < 4.78 is 16.5. The van der Waals surface area contributed by atoms with Crippen molar-refractivity contribution in [2.45, 2.75) is 25.7 Å². The normalized spacial score (nSPS) is 14.8. The lowest BCUT2D eigenvalue weighted by molar-refractivity contribution is 0.0271. The monoisotopic (exact) mass is 544 g/mol. The highest BCUT2D eigenvalue weighted by Crippen LogP contribution is 2.42. The molecule has 0 spiro atoms. The number of amides is 1. The molecule has 2 aliphatic rings. The maximum absolute atomic E-state index is 15.7. The van der Waals surface area contributed by atoms with Crippen LogP contribution in [0.1, 0.15) is 36.0 Å². The Morgan fingerprint density at radius 1 is 1.31 bits per heavy atom. The van der Waals surface area contributed by atoms with Gasteiger partial charge in [0.05, 0.1) is 46.6 Å². The van der Waals surface area contributed by atoms with Gasteiger partial charge < -0.3 is 15.5 Å². The molecule has 0 bridgehead atoms. The predicted molar refractivity (Wildman–Crippen MR) is 131 cm³/mol. The number of alkyl halides is 1. The summed E-state index contributed by atoms with van der Waals surface area (Å²) in [4.78, 5) is 20.3. The Morgan fingerprint density at radius 2 is 2.12 bits per heavy atom. The molecule has 1 aliphatic heterocycles. The summed E-state index contributed by atoms with van der Waals surface area (Å²) in [6.07, 6.45) is 3.93. The summed E-state index contributed by atoms with van der Waals surface area (Å²) in [6.45, 7) is 1.61. The van der Waals surface area contributed by atoms with Gasteiger partial charge in [-0.25, -0.2) is 9.87 Å². The van der Waals surface area contributed by atoms with Crippen molar-refractivity contribution in [1.29, 1.82) is 0 Å². The molecule has 1 fully saturated rings. The van der Waals surface area contributed by atoms with Crippen LogP contribution in [0.5, 0.6) is 0 Å². The maximum Gasteiger partial charge on any atom is 0.277 e. The van der Waals surface area contributed by atoms with Gasteiger partial charge >= 0.3 is 0 Å². The van der Waals surface area contributed by atoms with Crippen molar-refractivity contribution < 1.29 is 14.0 Å². The molecule has 10 heteroatoms. The summed E-state index contributed by atoms with van der Waals surface area (Å²) in [6, 6.07) is 6.89. The van der Waals surface area contributed by atoms with Crippen molar-refractivity contribution in [3.63, 3.8) is 0 Å². The molecule has 1 saturated carbocycles. The zero-order valence-electron chi connectivity index (χ0n) is 17.3. The van der Waals surface area contributed by atoms with E-state index < -0.39 is 11.7 Å². The lowest BCUT2D eigenvalue weighted by Crippen LogP contribution is -2.27. The van der Waals surface area contributed by atoms with Crippen LogP contribution in [0.25, 0.3) is 0 Å². The van der Waals surface area contributed by atoms with Crippen LogP contribution in [0.3, 0.4) is 0 Å². The summed E-state index contributed by atoms with van der Waals surface area (Å²) in [5.41, 5.74) is 4.11. The van der Waals surface area contributed by atoms with Crippen LogP contribution >= 0.6 is 39.1 Å². The SMILES string of the molecule is O=C(NOCC1CC1)c1cc2c(c(F)c1Nc1ccc(Br)cc1Cl)NCN2CCCCCl. The fourth-order valence-corrected chi connectivity index (χ4v) is 4.41. The zero-order chi connectivity index (χ0) is 22.7. The number of nitrogens with zero attached hydrogens (tertiary/aromatic N) is 1. The second-order valence-corrected chi connectivity index (χ2v) is 9.64. The van der Waals surface area contributed by atoms with Crippen molar-refractivity contribution in [2.75, 3.05) is 41.2 Å². The molecular weight excluding hydrogens is 522 g/mol. The minimum absolute atomic E-state index is 0.0376. The molecule has 4 rings (SSSR count). The highest BCUT2D eigenvalue weighted by atomic mass is 79.9. The van der Waals surface area contributed by atoms with E-state index in [1.54, 1.807) is 24.3 Å². The Balaban J connectivity index is 1.65. The quantitative estimate of drug-likeness (QED) is 0.187. The topological polar surface area (TPSA) is 65.6 Å². The van der Waals surface area contributed by atoms with Gasteiger partial charge in [0.25, 0.3) is 5.91 Å². The van der Waals surface area contributed by atoms with Crippen LogP contribution in [-0.2, 0) is 4.84 Å². The highest BCUT2D eigenvalue weighted by Gasteiger charge is 2.29. The Labute approximate surface area is 204 Å². The van der Waals surface area contributed by atoms with E-state index in [1.807, 2.05) is 4.90 Å².